The van der Waals surface area contributed by atoms with Crippen molar-refractivity contribution in [3.63, 3.8) is 0 Å². The summed E-state index contributed by atoms with van der Waals surface area (Å²) in [5.74, 6) is 0.713. The first-order valence-electron chi connectivity index (χ1n) is 8.96. The maximum atomic E-state index is 12.8. The SMILES string of the molecule is CCCSc1ncc(Cl)c(C(=O)N[C@H](CCSC)C(=O)Nc2ccc(Cl)cc2)n1. The molecule has 0 bridgehead atoms. The minimum absolute atomic E-state index is 0.0636. The van der Waals surface area contributed by atoms with Gasteiger partial charge in [0.15, 0.2) is 10.9 Å². The Morgan fingerprint density at radius 2 is 1.90 bits per heavy atom. The first-order valence-corrected chi connectivity index (χ1v) is 12.1. The van der Waals surface area contributed by atoms with Gasteiger partial charge in [-0.05, 0) is 49.1 Å². The highest BCUT2D eigenvalue weighted by molar-refractivity contribution is 7.99. The minimum atomic E-state index is -0.733. The maximum absolute atomic E-state index is 12.8. The molecule has 2 aromatic rings. The number of benzene rings is 1. The van der Waals surface area contributed by atoms with Gasteiger partial charge in [0.2, 0.25) is 5.91 Å². The molecule has 1 atom stereocenters. The molecule has 29 heavy (non-hydrogen) atoms. The quantitative estimate of drug-likeness (QED) is 0.382. The van der Waals surface area contributed by atoms with Gasteiger partial charge < -0.3 is 10.6 Å². The molecule has 10 heteroatoms. The molecule has 0 unspecified atom stereocenters. The summed E-state index contributed by atoms with van der Waals surface area (Å²) in [6.07, 6.45) is 4.77. The fourth-order valence-corrected chi connectivity index (χ4v) is 3.71. The number of thioether (sulfide) groups is 2. The average Bonchev–Trinajstić information content (AvgIpc) is 2.71. The number of aromatic nitrogens is 2. The fraction of sp³-hybridized carbons (Fsp3) is 0.368. The van der Waals surface area contributed by atoms with Crippen molar-refractivity contribution in [1.29, 1.82) is 0 Å². The molecule has 2 amide bonds. The molecular weight excluding hydrogens is 451 g/mol. The average molecular weight is 473 g/mol. The van der Waals surface area contributed by atoms with Crippen LogP contribution in [0, 0.1) is 0 Å². The van der Waals surface area contributed by atoms with Gasteiger partial charge in [-0.1, -0.05) is 41.9 Å². The van der Waals surface area contributed by atoms with Crippen LogP contribution in [0.3, 0.4) is 0 Å². The lowest BCUT2D eigenvalue weighted by molar-refractivity contribution is -0.118. The topological polar surface area (TPSA) is 84.0 Å². The summed E-state index contributed by atoms with van der Waals surface area (Å²) in [6, 6.07) is 6.03. The highest BCUT2D eigenvalue weighted by Crippen LogP contribution is 2.19. The molecular formula is C19H22Cl2N4O2S2. The fourth-order valence-electron chi connectivity index (χ4n) is 2.27. The Morgan fingerprint density at radius 3 is 2.55 bits per heavy atom. The molecule has 0 spiro atoms. The van der Waals surface area contributed by atoms with Gasteiger partial charge in [-0.3, -0.25) is 9.59 Å². The van der Waals surface area contributed by atoms with Gasteiger partial charge in [0.25, 0.3) is 5.91 Å². The Kier molecular flexibility index (Phi) is 10.1. The van der Waals surface area contributed by atoms with Crippen LogP contribution >= 0.6 is 46.7 Å². The van der Waals surface area contributed by atoms with Crippen LogP contribution in [0.1, 0.15) is 30.3 Å². The van der Waals surface area contributed by atoms with Crippen molar-refractivity contribution < 1.29 is 9.59 Å². The largest absolute Gasteiger partial charge is 0.339 e. The third-order valence-electron chi connectivity index (χ3n) is 3.72. The highest BCUT2D eigenvalue weighted by Gasteiger charge is 2.24. The zero-order chi connectivity index (χ0) is 21.2. The molecule has 0 aliphatic heterocycles. The number of amides is 2. The van der Waals surface area contributed by atoms with Crippen LogP contribution in [-0.2, 0) is 4.79 Å². The predicted molar refractivity (Wildman–Crippen MR) is 122 cm³/mol. The first kappa shape index (κ1) is 23.8. The molecule has 1 aromatic carbocycles. The van der Waals surface area contributed by atoms with E-state index in [1.807, 2.05) is 13.2 Å². The van der Waals surface area contributed by atoms with E-state index in [0.717, 1.165) is 12.2 Å². The normalized spacial score (nSPS) is 11.7. The Hall–Kier alpha value is -1.48. The van der Waals surface area contributed by atoms with E-state index in [9.17, 15) is 9.59 Å². The molecule has 0 saturated heterocycles. The number of carbonyl (C=O) groups is 2. The number of carbonyl (C=O) groups excluding carboxylic acids is 2. The number of nitrogens with zero attached hydrogens (tertiary/aromatic N) is 2. The van der Waals surface area contributed by atoms with E-state index in [1.54, 1.807) is 36.0 Å². The van der Waals surface area contributed by atoms with Crippen LogP contribution in [0.2, 0.25) is 10.0 Å². The number of nitrogens with one attached hydrogen (secondary N) is 2. The van der Waals surface area contributed by atoms with Crippen molar-refractivity contribution in [1.82, 2.24) is 15.3 Å². The summed E-state index contributed by atoms with van der Waals surface area (Å²) in [4.78, 5) is 33.9. The Morgan fingerprint density at radius 1 is 1.17 bits per heavy atom. The Balaban J connectivity index is 2.13. The Labute approximate surface area is 188 Å². The van der Waals surface area contributed by atoms with Crippen molar-refractivity contribution in [3.05, 3.63) is 46.2 Å². The maximum Gasteiger partial charge on any atom is 0.272 e. The van der Waals surface area contributed by atoms with Crippen LogP contribution in [-0.4, -0.2) is 45.6 Å². The van der Waals surface area contributed by atoms with Gasteiger partial charge in [0, 0.05) is 16.5 Å². The summed E-state index contributed by atoms with van der Waals surface area (Å²) in [7, 11) is 0. The summed E-state index contributed by atoms with van der Waals surface area (Å²) < 4.78 is 0. The predicted octanol–water partition coefficient (Wildman–Crippen LogP) is 4.78. The van der Waals surface area contributed by atoms with Gasteiger partial charge >= 0.3 is 0 Å². The van der Waals surface area contributed by atoms with E-state index < -0.39 is 11.9 Å². The standard InChI is InChI=1S/C19H22Cl2N4O2S2/c1-3-9-29-19-22-11-14(21)16(25-19)18(27)24-15(8-10-28-2)17(26)23-13-6-4-12(20)5-7-13/h4-7,11,15H,3,8-10H2,1-2H3,(H,23,26)(H,24,27)/t15-/m1/s1. The molecule has 2 N–H and O–H groups in total. The molecule has 0 radical (unpaired) electrons. The van der Waals surface area contributed by atoms with Crippen molar-refractivity contribution in [2.24, 2.45) is 0 Å². The van der Waals surface area contributed by atoms with Gasteiger partial charge in [-0.2, -0.15) is 11.8 Å². The van der Waals surface area contributed by atoms with Crippen LogP contribution in [0.15, 0.2) is 35.6 Å². The molecule has 156 valence electrons. The van der Waals surface area contributed by atoms with Crippen LogP contribution in [0.5, 0.6) is 0 Å². The van der Waals surface area contributed by atoms with E-state index in [2.05, 4.69) is 20.6 Å². The number of halogens is 2. The second-order valence-electron chi connectivity index (χ2n) is 6.00. The first-order chi connectivity index (χ1) is 13.9. The van der Waals surface area contributed by atoms with Crippen molar-refractivity contribution in [3.8, 4) is 0 Å². The Bertz CT molecular complexity index is 837. The summed E-state index contributed by atoms with van der Waals surface area (Å²) in [5, 5.41) is 6.74. The van der Waals surface area contributed by atoms with Crippen LogP contribution in [0.4, 0.5) is 5.69 Å². The van der Waals surface area contributed by atoms with Crippen LogP contribution in [0.25, 0.3) is 0 Å². The lowest BCUT2D eigenvalue weighted by Gasteiger charge is -2.18. The molecule has 2 rings (SSSR count). The van der Waals surface area contributed by atoms with Crippen molar-refractivity contribution >= 4 is 64.2 Å². The lowest BCUT2D eigenvalue weighted by atomic mass is 10.2. The molecule has 0 aliphatic rings. The number of hydrogen-bond donors (Lipinski definition) is 2. The number of hydrogen-bond acceptors (Lipinski definition) is 6. The van der Waals surface area contributed by atoms with Gasteiger partial charge in [0.05, 0.1) is 11.2 Å². The van der Waals surface area contributed by atoms with Gasteiger partial charge in [-0.25, -0.2) is 9.97 Å². The highest BCUT2D eigenvalue weighted by atomic mass is 35.5. The molecule has 0 aliphatic carbocycles. The second-order valence-corrected chi connectivity index (χ2v) is 8.89. The van der Waals surface area contributed by atoms with E-state index in [-0.39, 0.29) is 16.6 Å². The van der Waals surface area contributed by atoms with E-state index in [1.165, 1.54) is 18.0 Å². The van der Waals surface area contributed by atoms with Gasteiger partial charge in [-0.15, -0.1) is 0 Å². The van der Waals surface area contributed by atoms with E-state index >= 15 is 0 Å². The van der Waals surface area contributed by atoms with Crippen LogP contribution < -0.4 is 10.6 Å². The lowest BCUT2D eigenvalue weighted by Crippen LogP contribution is -2.44. The molecule has 1 heterocycles. The molecule has 0 fully saturated rings. The summed E-state index contributed by atoms with van der Waals surface area (Å²) in [5.41, 5.74) is 0.662. The van der Waals surface area contributed by atoms with E-state index in [4.69, 9.17) is 23.2 Å². The second kappa shape index (κ2) is 12.3. The minimum Gasteiger partial charge on any atom is -0.339 e. The number of rotatable bonds is 10. The van der Waals surface area contributed by atoms with Crippen molar-refractivity contribution in [2.75, 3.05) is 23.1 Å². The number of anilines is 1. The third-order valence-corrected chi connectivity index (χ3v) is 5.96. The summed E-state index contributed by atoms with van der Waals surface area (Å²) in [6.45, 7) is 2.05. The molecule has 6 nitrogen and oxygen atoms in total. The smallest absolute Gasteiger partial charge is 0.272 e. The molecule has 1 aromatic heterocycles. The van der Waals surface area contributed by atoms with Gasteiger partial charge in [0.1, 0.15) is 6.04 Å². The third kappa shape index (κ3) is 7.70. The summed E-state index contributed by atoms with van der Waals surface area (Å²) >= 11 is 15.0. The zero-order valence-corrected chi connectivity index (χ0v) is 19.2. The monoisotopic (exact) mass is 472 g/mol. The van der Waals surface area contributed by atoms with Crippen molar-refractivity contribution in [2.45, 2.75) is 31.0 Å². The zero-order valence-electron chi connectivity index (χ0n) is 16.1. The van der Waals surface area contributed by atoms with E-state index in [0.29, 0.717) is 28.0 Å². The molecule has 0 saturated carbocycles.